The number of benzene rings is 1. The van der Waals surface area contributed by atoms with E-state index in [1.165, 1.54) is 17.0 Å². The fourth-order valence-electron chi connectivity index (χ4n) is 2.68. The Morgan fingerprint density at radius 1 is 1.30 bits per heavy atom. The molecule has 1 heterocycles. The molecule has 1 unspecified atom stereocenters. The van der Waals surface area contributed by atoms with E-state index in [0.29, 0.717) is 18.5 Å². The number of nitrogens with zero attached hydrogens (tertiary/aromatic N) is 2. The van der Waals surface area contributed by atoms with Gasteiger partial charge in [0.2, 0.25) is 11.8 Å². The van der Waals surface area contributed by atoms with Gasteiger partial charge in [0.05, 0.1) is 6.42 Å². The van der Waals surface area contributed by atoms with Crippen LogP contribution in [0, 0.1) is 0 Å². The van der Waals surface area contributed by atoms with Crippen molar-refractivity contribution in [1.29, 1.82) is 0 Å². The second kappa shape index (κ2) is 7.39. The maximum Gasteiger partial charge on any atom is 0.387 e. The first kappa shape index (κ1) is 17.2. The van der Waals surface area contributed by atoms with Crippen molar-refractivity contribution in [2.75, 3.05) is 20.6 Å². The van der Waals surface area contributed by atoms with E-state index >= 15 is 0 Å². The standard InChI is InChI=1S/C16H20F2N2O3/c1-19(2)15(22)13-4-3-9-20(13)14(21)10-11-5-7-12(8-6-11)23-16(17)18/h5-8,13,16H,3-4,9-10H2,1-2H3. The van der Waals surface area contributed by atoms with Gasteiger partial charge < -0.3 is 14.5 Å². The van der Waals surface area contributed by atoms with Crippen LogP contribution in [0.25, 0.3) is 0 Å². The van der Waals surface area contributed by atoms with Crippen molar-refractivity contribution in [3.05, 3.63) is 29.8 Å². The number of likely N-dealkylation sites (tertiary alicyclic amines) is 1. The highest BCUT2D eigenvalue weighted by atomic mass is 19.3. The third kappa shape index (κ3) is 4.40. The molecule has 0 N–H and O–H groups in total. The van der Waals surface area contributed by atoms with Crippen molar-refractivity contribution in [2.45, 2.75) is 31.9 Å². The second-order valence-electron chi connectivity index (χ2n) is 5.68. The van der Waals surface area contributed by atoms with Crippen LogP contribution < -0.4 is 4.74 Å². The predicted octanol–water partition coefficient (Wildman–Crippen LogP) is 1.91. The summed E-state index contributed by atoms with van der Waals surface area (Å²) in [5.41, 5.74) is 0.694. The van der Waals surface area contributed by atoms with E-state index in [4.69, 9.17) is 0 Å². The summed E-state index contributed by atoms with van der Waals surface area (Å²) >= 11 is 0. The number of likely N-dealkylation sites (N-methyl/N-ethyl adjacent to an activating group) is 1. The van der Waals surface area contributed by atoms with Gasteiger partial charge in [0.15, 0.2) is 0 Å². The van der Waals surface area contributed by atoms with Crippen molar-refractivity contribution >= 4 is 11.8 Å². The first-order valence-electron chi connectivity index (χ1n) is 7.43. The van der Waals surface area contributed by atoms with E-state index in [2.05, 4.69) is 4.74 Å². The normalized spacial score (nSPS) is 17.4. The molecule has 1 aliphatic rings. The Morgan fingerprint density at radius 2 is 1.96 bits per heavy atom. The number of amides is 2. The number of carbonyl (C=O) groups is 2. The average Bonchev–Trinajstić information content (AvgIpc) is 2.97. The van der Waals surface area contributed by atoms with E-state index in [1.807, 2.05) is 0 Å². The molecule has 1 aromatic rings. The van der Waals surface area contributed by atoms with Gasteiger partial charge in [-0.05, 0) is 30.5 Å². The molecule has 0 aromatic heterocycles. The third-order valence-corrected chi connectivity index (χ3v) is 3.80. The van der Waals surface area contributed by atoms with Gasteiger partial charge in [-0.15, -0.1) is 0 Å². The van der Waals surface area contributed by atoms with Gasteiger partial charge in [-0.25, -0.2) is 0 Å². The molecule has 0 aliphatic carbocycles. The van der Waals surface area contributed by atoms with Crippen LogP contribution in [0.5, 0.6) is 5.75 Å². The number of alkyl halides is 2. The molecular formula is C16H20F2N2O3. The number of carbonyl (C=O) groups excluding carboxylic acids is 2. The van der Waals surface area contributed by atoms with Crippen molar-refractivity contribution in [2.24, 2.45) is 0 Å². The minimum absolute atomic E-state index is 0.0537. The average molecular weight is 326 g/mol. The van der Waals surface area contributed by atoms with Crippen molar-refractivity contribution in [3.63, 3.8) is 0 Å². The molecule has 1 aliphatic heterocycles. The molecule has 1 saturated heterocycles. The van der Waals surface area contributed by atoms with Crippen molar-refractivity contribution < 1.29 is 23.1 Å². The molecule has 5 nitrogen and oxygen atoms in total. The summed E-state index contributed by atoms with van der Waals surface area (Å²) in [6.45, 7) is -2.31. The van der Waals surface area contributed by atoms with Crippen LogP contribution >= 0.6 is 0 Å². The topological polar surface area (TPSA) is 49.9 Å². The van der Waals surface area contributed by atoms with Gasteiger partial charge >= 0.3 is 6.61 Å². The summed E-state index contributed by atoms with van der Waals surface area (Å²) in [5, 5.41) is 0. The SMILES string of the molecule is CN(C)C(=O)C1CCCN1C(=O)Cc1ccc(OC(F)F)cc1. The van der Waals surface area contributed by atoms with E-state index in [0.717, 1.165) is 6.42 Å². The van der Waals surface area contributed by atoms with Crippen LogP contribution in [-0.2, 0) is 16.0 Å². The molecule has 0 bridgehead atoms. The van der Waals surface area contributed by atoms with Gasteiger partial charge in [0, 0.05) is 20.6 Å². The van der Waals surface area contributed by atoms with E-state index in [1.54, 1.807) is 31.1 Å². The number of rotatable bonds is 5. The highest BCUT2D eigenvalue weighted by Crippen LogP contribution is 2.21. The number of hydrogen-bond donors (Lipinski definition) is 0. The van der Waals surface area contributed by atoms with Crippen LogP contribution in [-0.4, -0.2) is 54.9 Å². The Bertz CT molecular complexity index is 561. The third-order valence-electron chi connectivity index (χ3n) is 3.80. The smallest absolute Gasteiger partial charge is 0.387 e. The molecule has 23 heavy (non-hydrogen) atoms. The molecule has 1 fully saturated rings. The van der Waals surface area contributed by atoms with Crippen LogP contribution in [0.2, 0.25) is 0 Å². The Balaban J connectivity index is 1.99. The van der Waals surface area contributed by atoms with Crippen molar-refractivity contribution in [3.8, 4) is 5.75 Å². The maximum atomic E-state index is 12.4. The molecule has 7 heteroatoms. The minimum Gasteiger partial charge on any atom is -0.435 e. The Kier molecular flexibility index (Phi) is 5.52. The zero-order valence-electron chi connectivity index (χ0n) is 13.2. The highest BCUT2D eigenvalue weighted by molar-refractivity contribution is 5.88. The second-order valence-corrected chi connectivity index (χ2v) is 5.68. The molecule has 0 radical (unpaired) electrons. The van der Waals surface area contributed by atoms with Gasteiger partial charge in [0.25, 0.3) is 0 Å². The fraction of sp³-hybridized carbons (Fsp3) is 0.500. The van der Waals surface area contributed by atoms with E-state index in [-0.39, 0.29) is 24.0 Å². The molecule has 2 rings (SSSR count). The predicted molar refractivity (Wildman–Crippen MR) is 80.2 cm³/mol. The lowest BCUT2D eigenvalue weighted by molar-refractivity contribution is -0.141. The highest BCUT2D eigenvalue weighted by Gasteiger charge is 2.34. The summed E-state index contributed by atoms with van der Waals surface area (Å²) in [4.78, 5) is 27.6. The van der Waals surface area contributed by atoms with Crippen LogP contribution in [0.15, 0.2) is 24.3 Å². The van der Waals surface area contributed by atoms with E-state index < -0.39 is 12.7 Å². The van der Waals surface area contributed by atoms with Crippen LogP contribution in [0.3, 0.4) is 0 Å². The Morgan fingerprint density at radius 3 is 2.52 bits per heavy atom. The molecule has 126 valence electrons. The molecule has 0 saturated carbocycles. The van der Waals surface area contributed by atoms with Crippen LogP contribution in [0.1, 0.15) is 18.4 Å². The first-order valence-corrected chi connectivity index (χ1v) is 7.43. The van der Waals surface area contributed by atoms with Crippen molar-refractivity contribution in [1.82, 2.24) is 9.80 Å². The zero-order chi connectivity index (χ0) is 17.0. The fourth-order valence-corrected chi connectivity index (χ4v) is 2.68. The van der Waals surface area contributed by atoms with Gasteiger partial charge in [-0.3, -0.25) is 9.59 Å². The molecule has 1 aromatic carbocycles. The maximum absolute atomic E-state index is 12.4. The van der Waals surface area contributed by atoms with Gasteiger partial charge in [-0.1, -0.05) is 12.1 Å². The summed E-state index contributed by atoms with van der Waals surface area (Å²) in [6.07, 6.45) is 1.60. The quantitative estimate of drug-likeness (QED) is 0.830. The first-order chi connectivity index (χ1) is 10.9. The number of ether oxygens (including phenoxy) is 1. The largest absolute Gasteiger partial charge is 0.435 e. The summed E-state index contributed by atoms with van der Waals surface area (Å²) in [6, 6.07) is 5.56. The zero-order valence-corrected chi connectivity index (χ0v) is 13.2. The lowest BCUT2D eigenvalue weighted by Crippen LogP contribution is -2.45. The Hall–Kier alpha value is -2.18. The number of hydrogen-bond acceptors (Lipinski definition) is 3. The van der Waals surface area contributed by atoms with Crippen LogP contribution in [0.4, 0.5) is 8.78 Å². The summed E-state index contributed by atoms with van der Waals surface area (Å²) < 4.78 is 28.5. The molecular weight excluding hydrogens is 306 g/mol. The lowest BCUT2D eigenvalue weighted by atomic mass is 10.1. The molecule has 0 spiro atoms. The molecule has 1 atom stereocenters. The van der Waals surface area contributed by atoms with Gasteiger partial charge in [-0.2, -0.15) is 8.78 Å². The van der Waals surface area contributed by atoms with Gasteiger partial charge in [0.1, 0.15) is 11.8 Å². The summed E-state index contributed by atoms with van der Waals surface area (Å²) in [7, 11) is 3.34. The lowest BCUT2D eigenvalue weighted by Gasteiger charge is -2.26. The summed E-state index contributed by atoms with van der Waals surface area (Å²) in [5.74, 6) is -0.153. The van der Waals surface area contributed by atoms with E-state index in [9.17, 15) is 18.4 Å². The molecule has 2 amide bonds. The Labute approximate surface area is 133 Å². The monoisotopic (exact) mass is 326 g/mol. The number of halogens is 2. The minimum atomic E-state index is -2.87.